The molecule has 1 aromatic heterocycles. The number of hydrogen-bond donors (Lipinski definition) is 1. The van der Waals surface area contributed by atoms with E-state index in [-0.39, 0.29) is 24.7 Å². The maximum absolute atomic E-state index is 12.7. The van der Waals surface area contributed by atoms with Gasteiger partial charge in [-0.2, -0.15) is 0 Å². The fourth-order valence-corrected chi connectivity index (χ4v) is 3.89. The van der Waals surface area contributed by atoms with Gasteiger partial charge in [-0.25, -0.2) is 4.79 Å². The minimum absolute atomic E-state index is 0.0582. The number of ether oxygens (including phenoxy) is 1. The average molecular weight is 408 g/mol. The summed E-state index contributed by atoms with van der Waals surface area (Å²) in [4.78, 5) is 37.7. The van der Waals surface area contributed by atoms with Crippen LogP contribution in [-0.2, 0) is 16.0 Å². The van der Waals surface area contributed by atoms with Crippen molar-refractivity contribution < 1.29 is 23.8 Å². The smallest absolute Gasteiger partial charge is 0.340 e. The Morgan fingerprint density at radius 3 is 2.61 bits per heavy atom. The molecule has 1 saturated heterocycles. The van der Waals surface area contributed by atoms with Crippen LogP contribution in [0.3, 0.4) is 0 Å². The molecular weight excluding hydrogens is 386 g/mol. The van der Waals surface area contributed by atoms with Gasteiger partial charge in [-0.1, -0.05) is 11.6 Å². The van der Waals surface area contributed by atoms with Crippen molar-refractivity contribution in [2.24, 2.45) is 5.92 Å². The Hall–Kier alpha value is -2.54. The minimum Gasteiger partial charge on any atom is -0.495 e. The molecule has 28 heavy (non-hydrogen) atoms. The first-order valence-corrected chi connectivity index (χ1v) is 9.47. The SMILES string of the molecule is COc1cc2oc(=O)c(CC(=O)N3CCC(CC(=O)O)CC3)c(C)c2cc1Cl. The maximum Gasteiger partial charge on any atom is 0.340 e. The third kappa shape index (κ3) is 4.14. The standard InChI is InChI=1S/C20H22ClNO6/c1-11-13-8-15(21)17(27-2)10-16(13)28-20(26)14(11)9-18(23)22-5-3-12(4-6-22)7-19(24)25/h8,10,12H,3-7,9H2,1-2H3,(H,24,25). The van der Waals surface area contributed by atoms with E-state index in [0.29, 0.717) is 58.8 Å². The van der Waals surface area contributed by atoms with E-state index in [0.717, 1.165) is 0 Å². The molecular formula is C20H22ClNO6. The van der Waals surface area contributed by atoms with Gasteiger partial charge in [0.1, 0.15) is 11.3 Å². The lowest BCUT2D eigenvalue weighted by Gasteiger charge is -2.31. The lowest BCUT2D eigenvalue weighted by atomic mass is 9.93. The van der Waals surface area contributed by atoms with E-state index in [9.17, 15) is 14.4 Å². The Morgan fingerprint density at radius 2 is 2.00 bits per heavy atom. The predicted molar refractivity (Wildman–Crippen MR) is 104 cm³/mol. The molecule has 1 aromatic carbocycles. The highest BCUT2D eigenvalue weighted by Gasteiger charge is 2.26. The second kappa shape index (κ2) is 8.22. The molecule has 0 aliphatic carbocycles. The molecule has 0 unspecified atom stereocenters. The summed E-state index contributed by atoms with van der Waals surface area (Å²) >= 11 is 6.18. The number of carbonyl (C=O) groups is 2. The number of halogens is 1. The molecule has 1 aliphatic heterocycles. The number of carbonyl (C=O) groups excluding carboxylic acids is 1. The van der Waals surface area contributed by atoms with Gasteiger partial charge in [0, 0.05) is 31.0 Å². The van der Waals surface area contributed by atoms with E-state index >= 15 is 0 Å². The van der Waals surface area contributed by atoms with E-state index in [4.69, 9.17) is 25.9 Å². The van der Waals surface area contributed by atoms with Crippen molar-refractivity contribution in [1.82, 2.24) is 4.90 Å². The first-order valence-electron chi connectivity index (χ1n) is 9.09. The van der Waals surface area contributed by atoms with Gasteiger partial charge >= 0.3 is 11.6 Å². The summed E-state index contributed by atoms with van der Waals surface area (Å²) in [5.41, 5.74) is 0.772. The molecule has 7 nitrogen and oxygen atoms in total. The topological polar surface area (TPSA) is 97.0 Å². The van der Waals surface area contributed by atoms with E-state index in [1.165, 1.54) is 7.11 Å². The number of fused-ring (bicyclic) bond motifs is 1. The molecule has 0 atom stereocenters. The zero-order chi connectivity index (χ0) is 20.4. The molecule has 0 saturated carbocycles. The first-order chi connectivity index (χ1) is 13.3. The quantitative estimate of drug-likeness (QED) is 0.765. The highest BCUT2D eigenvalue weighted by atomic mass is 35.5. The molecule has 0 bridgehead atoms. The van der Waals surface area contributed by atoms with Crippen molar-refractivity contribution in [3.8, 4) is 5.75 Å². The van der Waals surface area contributed by atoms with Crippen LogP contribution in [0.1, 0.15) is 30.4 Å². The van der Waals surface area contributed by atoms with Crippen LogP contribution in [-0.4, -0.2) is 42.1 Å². The number of aryl methyl sites for hydroxylation is 1. The second-order valence-corrected chi connectivity index (χ2v) is 7.48. The molecule has 1 amide bonds. The molecule has 1 fully saturated rings. The van der Waals surface area contributed by atoms with Crippen molar-refractivity contribution in [2.45, 2.75) is 32.6 Å². The summed E-state index contributed by atoms with van der Waals surface area (Å²) in [6.45, 7) is 2.76. The lowest BCUT2D eigenvalue weighted by molar-refractivity contribution is -0.138. The monoisotopic (exact) mass is 407 g/mol. The number of aliphatic carboxylic acids is 1. The first kappa shape index (κ1) is 20.2. The predicted octanol–water partition coefficient (Wildman–Crippen LogP) is 3.02. The second-order valence-electron chi connectivity index (χ2n) is 7.07. The van der Waals surface area contributed by atoms with Crippen LogP contribution in [0, 0.1) is 12.8 Å². The third-order valence-corrected chi connectivity index (χ3v) is 5.61. The van der Waals surface area contributed by atoms with Crippen molar-refractivity contribution in [2.75, 3.05) is 20.2 Å². The van der Waals surface area contributed by atoms with Crippen LogP contribution in [0.25, 0.3) is 11.0 Å². The van der Waals surface area contributed by atoms with E-state index in [2.05, 4.69) is 0 Å². The van der Waals surface area contributed by atoms with Crippen LogP contribution in [0.2, 0.25) is 5.02 Å². The summed E-state index contributed by atoms with van der Waals surface area (Å²) in [5, 5.41) is 9.95. The van der Waals surface area contributed by atoms with Gasteiger partial charge < -0.3 is 19.2 Å². The molecule has 0 radical (unpaired) electrons. The molecule has 2 aromatic rings. The van der Waals surface area contributed by atoms with Gasteiger partial charge in [-0.15, -0.1) is 0 Å². The summed E-state index contributed by atoms with van der Waals surface area (Å²) < 4.78 is 10.5. The summed E-state index contributed by atoms with van der Waals surface area (Å²) in [6.07, 6.45) is 1.37. The van der Waals surface area contributed by atoms with Crippen LogP contribution >= 0.6 is 11.6 Å². The number of nitrogens with zero attached hydrogens (tertiary/aromatic N) is 1. The molecule has 1 aliphatic rings. The number of hydrogen-bond acceptors (Lipinski definition) is 5. The fourth-order valence-electron chi connectivity index (χ4n) is 3.65. The third-order valence-electron chi connectivity index (χ3n) is 5.32. The fraction of sp³-hybridized carbons (Fsp3) is 0.450. The number of amides is 1. The Morgan fingerprint density at radius 1 is 1.32 bits per heavy atom. The number of carboxylic acids is 1. The Kier molecular flexibility index (Phi) is 5.93. The molecule has 1 N–H and O–H groups in total. The van der Waals surface area contributed by atoms with Crippen LogP contribution in [0.5, 0.6) is 5.75 Å². The average Bonchev–Trinajstić information content (AvgIpc) is 2.65. The number of methoxy groups -OCH3 is 1. The minimum atomic E-state index is -0.815. The van der Waals surface area contributed by atoms with Gasteiger partial charge in [0.15, 0.2) is 0 Å². The number of piperidine rings is 1. The molecule has 8 heteroatoms. The van der Waals surface area contributed by atoms with Crippen molar-refractivity contribution >= 4 is 34.4 Å². The summed E-state index contributed by atoms with van der Waals surface area (Å²) in [6, 6.07) is 3.23. The zero-order valence-electron chi connectivity index (χ0n) is 15.8. The summed E-state index contributed by atoms with van der Waals surface area (Å²) in [7, 11) is 1.48. The van der Waals surface area contributed by atoms with Crippen LogP contribution in [0.15, 0.2) is 21.3 Å². The maximum atomic E-state index is 12.7. The normalized spacial score (nSPS) is 15.0. The highest BCUT2D eigenvalue weighted by molar-refractivity contribution is 6.32. The Labute approximate surface area is 166 Å². The Balaban J connectivity index is 1.80. The molecule has 2 heterocycles. The van der Waals surface area contributed by atoms with E-state index in [1.54, 1.807) is 24.0 Å². The Bertz CT molecular complexity index is 975. The number of benzene rings is 1. The van der Waals surface area contributed by atoms with Gasteiger partial charge in [0.2, 0.25) is 5.91 Å². The largest absolute Gasteiger partial charge is 0.495 e. The van der Waals surface area contributed by atoms with Gasteiger partial charge in [-0.3, -0.25) is 9.59 Å². The molecule has 3 rings (SSSR count). The van der Waals surface area contributed by atoms with Gasteiger partial charge in [0.25, 0.3) is 0 Å². The van der Waals surface area contributed by atoms with Crippen LogP contribution < -0.4 is 10.4 Å². The van der Waals surface area contributed by atoms with Gasteiger partial charge in [-0.05, 0) is 37.3 Å². The molecule has 150 valence electrons. The van der Waals surface area contributed by atoms with E-state index in [1.807, 2.05) is 0 Å². The van der Waals surface area contributed by atoms with Gasteiger partial charge in [0.05, 0.1) is 24.1 Å². The highest BCUT2D eigenvalue weighted by Crippen LogP contribution is 2.31. The number of carboxylic acid groups (broad SMARTS) is 1. The van der Waals surface area contributed by atoms with Crippen molar-refractivity contribution in [3.05, 3.63) is 38.7 Å². The van der Waals surface area contributed by atoms with Crippen molar-refractivity contribution in [3.63, 3.8) is 0 Å². The number of rotatable bonds is 5. The summed E-state index contributed by atoms with van der Waals surface area (Å²) in [5.74, 6) is -0.483. The molecule has 0 spiro atoms. The van der Waals surface area contributed by atoms with E-state index < -0.39 is 11.6 Å². The lowest BCUT2D eigenvalue weighted by Crippen LogP contribution is -2.40. The zero-order valence-corrected chi connectivity index (χ0v) is 16.5. The van der Waals surface area contributed by atoms with Crippen molar-refractivity contribution in [1.29, 1.82) is 0 Å². The number of likely N-dealkylation sites (tertiary alicyclic amines) is 1. The van der Waals surface area contributed by atoms with Crippen LogP contribution in [0.4, 0.5) is 0 Å².